The first-order valence-corrected chi connectivity index (χ1v) is 13.4. The van der Waals surface area contributed by atoms with Crippen LogP contribution in [0.2, 0.25) is 0 Å². The molecule has 3 atom stereocenters. The predicted molar refractivity (Wildman–Crippen MR) is 126 cm³/mol. The number of fused-ring (bicyclic) bond motifs is 3. The predicted octanol–water partition coefficient (Wildman–Crippen LogP) is 8.45. The molecule has 1 heteroatoms. The molecule has 0 amide bonds. The summed E-state index contributed by atoms with van der Waals surface area (Å²) in [6, 6.07) is 0. The van der Waals surface area contributed by atoms with E-state index in [-0.39, 0.29) is 0 Å². The summed E-state index contributed by atoms with van der Waals surface area (Å²) in [4.78, 5) is 0. The maximum atomic E-state index is 4.71. The van der Waals surface area contributed by atoms with Gasteiger partial charge in [0.1, 0.15) is 0 Å². The SMILES string of the molecule is C=C(/C=C(C)\C(C)=C/CC)[PH]12CC(C)CC1=C1C2=CCCC1C(C)C(C)C. The van der Waals surface area contributed by atoms with Crippen molar-refractivity contribution in [2.24, 2.45) is 23.7 Å². The summed E-state index contributed by atoms with van der Waals surface area (Å²) < 4.78 is 0. The van der Waals surface area contributed by atoms with Crippen LogP contribution < -0.4 is 0 Å². The third-order valence-corrected chi connectivity index (χ3v) is 13.2. The normalized spacial score (nSPS) is 29.7. The molecule has 1 saturated heterocycles. The summed E-state index contributed by atoms with van der Waals surface area (Å²) in [5, 5.41) is 5.18. The minimum atomic E-state index is -1.65. The standard InChI is InChI=1S/C26H41P/c1-9-11-19(5)20(6)15-21(7)27-16-18(4)14-25(27)26-23(22(8)17(2)3)12-10-13-24(26)27/h11,13,15,17-18,22-23,27H,7,9-10,12,14,16H2,1-6,8H3/b19-11-,20-15-. The van der Waals surface area contributed by atoms with Crippen LogP contribution in [0.1, 0.15) is 74.1 Å². The summed E-state index contributed by atoms with van der Waals surface area (Å²) >= 11 is 0. The van der Waals surface area contributed by atoms with Gasteiger partial charge in [-0.05, 0) is 0 Å². The molecule has 2 aliphatic heterocycles. The third kappa shape index (κ3) is 3.37. The molecule has 0 radical (unpaired) electrons. The zero-order chi connectivity index (χ0) is 19.9. The second-order valence-corrected chi connectivity index (χ2v) is 13.9. The molecule has 0 N–H and O–H groups in total. The maximum absolute atomic E-state index is 4.71. The molecule has 0 aromatic heterocycles. The molecular weight excluding hydrogens is 343 g/mol. The zero-order valence-corrected chi connectivity index (χ0v) is 19.8. The van der Waals surface area contributed by atoms with Gasteiger partial charge in [-0.2, -0.15) is 0 Å². The van der Waals surface area contributed by atoms with E-state index in [1.54, 1.807) is 5.31 Å². The van der Waals surface area contributed by atoms with E-state index in [1.165, 1.54) is 41.9 Å². The summed E-state index contributed by atoms with van der Waals surface area (Å²) in [6.45, 7) is 21.2. The number of hydrogen-bond donors (Lipinski definition) is 0. The van der Waals surface area contributed by atoms with E-state index in [0.717, 1.165) is 30.1 Å². The van der Waals surface area contributed by atoms with E-state index < -0.39 is 7.26 Å². The fraction of sp³-hybridized carbons (Fsp3) is 0.615. The Labute approximate surface area is 168 Å². The van der Waals surface area contributed by atoms with Crippen LogP contribution in [0.25, 0.3) is 0 Å². The Morgan fingerprint density at radius 1 is 1.26 bits per heavy atom. The first-order chi connectivity index (χ1) is 12.7. The average molecular weight is 385 g/mol. The fourth-order valence-electron chi connectivity index (χ4n) is 5.90. The molecule has 1 fully saturated rings. The van der Waals surface area contributed by atoms with Gasteiger partial charge in [0.05, 0.1) is 0 Å². The van der Waals surface area contributed by atoms with Gasteiger partial charge < -0.3 is 0 Å². The van der Waals surface area contributed by atoms with Crippen molar-refractivity contribution in [1.82, 2.24) is 0 Å². The Bertz CT molecular complexity index is 742. The van der Waals surface area contributed by atoms with Crippen LogP contribution in [0, 0.1) is 23.7 Å². The van der Waals surface area contributed by atoms with Crippen molar-refractivity contribution in [3.05, 3.63) is 57.5 Å². The van der Waals surface area contributed by atoms with Crippen molar-refractivity contribution in [2.45, 2.75) is 74.1 Å². The number of allylic oxidation sites excluding steroid dienone is 9. The molecule has 27 heavy (non-hydrogen) atoms. The van der Waals surface area contributed by atoms with Crippen LogP contribution in [0.5, 0.6) is 0 Å². The van der Waals surface area contributed by atoms with Crippen molar-refractivity contribution in [2.75, 3.05) is 6.16 Å². The first kappa shape index (κ1) is 20.9. The van der Waals surface area contributed by atoms with Crippen molar-refractivity contribution in [3.8, 4) is 0 Å². The Morgan fingerprint density at radius 2 is 1.96 bits per heavy atom. The van der Waals surface area contributed by atoms with Crippen LogP contribution in [0.4, 0.5) is 0 Å². The van der Waals surface area contributed by atoms with Gasteiger partial charge in [-0.25, -0.2) is 0 Å². The Balaban J connectivity index is 2.01. The molecule has 0 saturated carbocycles. The second-order valence-electron chi connectivity index (χ2n) is 9.86. The van der Waals surface area contributed by atoms with E-state index in [0.29, 0.717) is 0 Å². The molecule has 3 unspecified atom stereocenters. The van der Waals surface area contributed by atoms with Crippen molar-refractivity contribution < 1.29 is 0 Å². The zero-order valence-electron chi connectivity index (χ0n) is 18.8. The van der Waals surface area contributed by atoms with Crippen LogP contribution in [0.3, 0.4) is 0 Å². The molecular formula is C26H41P. The fourth-order valence-corrected chi connectivity index (χ4v) is 11.9. The van der Waals surface area contributed by atoms with Crippen molar-refractivity contribution in [1.29, 1.82) is 0 Å². The van der Waals surface area contributed by atoms with Crippen LogP contribution >= 0.6 is 7.26 Å². The molecule has 2 heterocycles. The Morgan fingerprint density at radius 3 is 2.59 bits per heavy atom. The molecule has 3 aliphatic rings. The van der Waals surface area contributed by atoms with Crippen molar-refractivity contribution >= 4 is 7.26 Å². The van der Waals surface area contributed by atoms with Crippen LogP contribution in [-0.4, -0.2) is 6.16 Å². The molecule has 0 aromatic rings. The van der Waals surface area contributed by atoms with Gasteiger partial charge in [-0.1, -0.05) is 0 Å². The van der Waals surface area contributed by atoms with Gasteiger partial charge in [0.2, 0.25) is 0 Å². The summed E-state index contributed by atoms with van der Waals surface area (Å²) in [5.74, 6) is 3.19. The number of hydrogen-bond acceptors (Lipinski definition) is 0. The first-order valence-electron chi connectivity index (χ1n) is 11.2. The van der Waals surface area contributed by atoms with Gasteiger partial charge in [0.15, 0.2) is 0 Å². The Hall–Kier alpha value is -0.870. The second kappa shape index (κ2) is 7.87. The van der Waals surface area contributed by atoms with Crippen molar-refractivity contribution in [3.63, 3.8) is 0 Å². The van der Waals surface area contributed by atoms with Gasteiger partial charge >= 0.3 is 169 Å². The monoisotopic (exact) mass is 384 g/mol. The summed E-state index contributed by atoms with van der Waals surface area (Å²) in [7, 11) is -1.65. The van der Waals surface area contributed by atoms with Crippen LogP contribution in [-0.2, 0) is 0 Å². The van der Waals surface area contributed by atoms with Gasteiger partial charge in [0.25, 0.3) is 0 Å². The topological polar surface area (TPSA) is 0 Å². The van der Waals surface area contributed by atoms with E-state index in [2.05, 4.69) is 66.7 Å². The summed E-state index contributed by atoms with van der Waals surface area (Å²) in [5.41, 5.74) is 4.65. The molecule has 1 aliphatic carbocycles. The molecule has 150 valence electrons. The average Bonchev–Trinajstić information content (AvgIpc) is 2.92. The van der Waals surface area contributed by atoms with E-state index in [4.69, 9.17) is 6.58 Å². The third-order valence-electron chi connectivity index (χ3n) is 7.75. The quantitative estimate of drug-likeness (QED) is 0.318. The van der Waals surface area contributed by atoms with Gasteiger partial charge in [0, 0.05) is 0 Å². The minimum absolute atomic E-state index is 0.769. The number of rotatable bonds is 6. The Kier molecular flexibility index (Phi) is 6.08. The summed E-state index contributed by atoms with van der Waals surface area (Å²) in [6.07, 6.45) is 13.9. The van der Waals surface area contributed by atoms with Gasteiger partial charge in [-0.15, -0.1) is 0 Å². The molecule has 0 spiro atoms. The van der Waals surface area contributed by atoms with Gasteiger partial charge in [-0.3, -0.25) is 0 Å². The molecule has 0 aromatic carbocycles. The van der Waals surface area contributed by atoms with E-state index >= 15 is 0 Å². The molecule has 0 nitrogen and oxygen atoms in total. The molecule has 0 bridgehead atoms. The van der Waals surface area contributed by atoms with E-state index in [1.807, 2.05) is 10.9 Å². The van der Waals surface area contributed by atoms with Crippen LogP contribution in [0.15, 0.2) is 57.5 Å². The molecule has 3 rings (SSSR count). The van der Waals surface area contributed by atoms with E-state index in [9.17, 15) is 0 Å².